The number of aromatic nitrogens is 2. The van der Waals surface area contributed by atoms with Crippen molar-refractivity contribution in [2.45, 2.75) is 30.7 Å². The van der Waals surface area contributed by atoms with Crippen molar-refractivity contribution < 1.29 is 9.21 Å². The van der Waals surface area contributed by atoms with Crippen LogP contribution in [0, 0.1) is 6.92 Å². The summed E-state index contributed by atoms with van der Waals surface area (Å²) in [7, 11) is 0. The van der Waals surface area contributed by atoms with Crippen molar-refractivity contribution in [3.8, 4) is 0 Å². The van der Waals surface area contributed by atoms with Crippen LogP contribution in [0.4, 0.5) is 5.69 Å². The van der Waals surface area contributed by atoms with Crippen molar-refractivity contribution in [1.29, 1.82) is 0 Å². The molecular formula is C17H16ClN3O2S. The Morgan fingerprint density at radius 3 is 2.96 bits per heavy atom. The number of halogens is 1. The van der Waals surface area contributed by atoms with Crippen molar-refractivity contribution >= 4 is 46.2 Å². The van der Waals surface area contributed by atoms with Gasteiger partial charge in [0, 0.05) is 16.9 Å². The molecule has 0 radical (unpaired) electrons. The van der Waals surface area contributed by atoms with Crippen LogP contribution in [0.3, 0.4) is 0 Å². The molecule has 0 spiro atoms. The third-order valence-corrected chi connectivity index (χ3v) is 5.11. The van der Waals surface area contributed by atoms with E-state index in [2.05, 4.69) is 15.3 Å². The Morgan fingerprint density at radius 1 is 1.42 bits per heavy atom. The van der Waals surface area contributed by atoms with Gasteiger partial charge in [-0.15, -0.1) is 0 Å². The van der Waals surface area contributed by atoms with E-state index >= 15 is 0 Å². The van der Waals surface area contributed by atoms with E-state index in [0.29, 0.717) is 33.6 Å². The molecule has 0 aliphatic carbocycles. The molecular weight excluding hydrogens is 346 g/mol. The number of oxazole rings is 1. The molecule has 3 rings (SSSR count). The second-order valence-electron chi connectivity index (χ2n) is 5.27. The zero-order valence-corrected chi connectivity index (χ0v) is 14.8. The van der Waals surface area contributed by atoms with Gasteiger partial charge < -0.3 is 9.73 Å². The predicted octanol–water partition coefficient (Wildman–Crippen LogP) is 4.69. The van der Waals surface area contributed by atoms with E-state index in [-0.39, 0.29) is 11.2 Å². The van der Waals surface area contributed by atoms with E-state index in [1.165, 1.54) is 11.8 Å². The number of rotatable bonds is 5. The summed E-state index contributed by atoms with van der Waals surface area (Å²) < 4.78 is 5.62. The molecule has 124 valence electrons. The van der Waals surface area contributed by atoms with Gasteiger partial charge in [0.1, 0.15) is 0 Å². The number of anilines is 1. The molecule has 5 nitrogen and oxygen atoms in total. The first-order valence-electron chi connectivity index (χ1n) is 7.52. The Morgan fingerprint density at radius 2 is 2.25 bits per heavy atom. The van der Waals surface area contributed by atoms with Crippen molar-refractivity contribution in [3.63, 3.8) is 0 Å². The van der Waals surface area contributed by atoms with Crippen LogP contribution in [0.25, 0.3) is 11.2 Å². The lowest BCUT2D eigenvalue weighted by Gasteiger charge is -2.13. The molecule has 2 aromatic heterocycles. The molecule has 0 aliphatic heterocycles. The van der Waals surface area contributed by atoms with Crippen LogP contribution in [-0.2, 0) is 4.79 Å². The minimum absolute atomic E-state index is 0.113. The van der Waals surface area contributed by atoms with Crippen molar-refractivity contribution in [2.75, 3.05) is 5.32 Å². The number of nitrogens with one attached hydrogen (secondary N) is 1. The van der Waals surface area contributed by atoms with Crippen molar-refractivity contribution in [2.24, 2.45) is 0 Å². The monoisotopic (exact) mass is 361 g/mol. The number of hydrogen-bond acceptors (Lipinski definition) is 5. The van der Waals surface area contributed by atoms with Gasteiger partial charge in [-0.25, -0.2) is 4.98 Å². The summed E-state index contributed by atoms with van der Waals surface area (Å²) in [5, 5.41) is 3.63. The molecule has 24 heavy (non-hydrogen) atoms. The molecule has 0 fully saturated rings. The first-order chi connectivity index (χ1) is 11.6. The zero-order chi connectivity index (χ0) is 17.1. The van der Waals surface area contributed by atoms with Crippen LogP contribution >= 0.6 is 23.4 Å². The standard InChI is InChI=1S/C17H16ClN3O2S/c1-3-14(16(22)20-11-7-6-10(2)12(18)9-11)24-17-21-15-13(23-17)5-4-8-19-15/h4-9,14H,3H2,1-2H3,(H,20,22). The highest BCUT2D eigenvalue weighted by Gasteiger charge is 2.21. The van der Waals surface area contributed by atoms with Crippen LogP contribution in [0.1, 0.15) is 18.9 Å². The molecule has 0 aliphatic rings. The van der Waals surface area contributed by atoms with Crippen LogP contribution in [0.2, 0.25) is 5.02 Å². The van der Waals surface area contributed by atoms with Crippen molar-refractivity contribution in [1.82, 2.24) is 9.97 Å². The molecule has 1 aromatic carbocycles. The number of nitrogens with zero attached hydrogens (tertiary/aromatic N) is 2. The lowest BCUT2D eigenvalue weighted by molar-refractivity contribution is -0.115. The highest BCUT2D eigenvalue weighted by atomic mass is 35.5. The van der Waals surface area contributed by atoms with E-state index in [1.54, 1.807) is 24.4 Å². The van der Waals surface area contributed by atoms with E-state index in [4.69, 9.17) is 16.0 Å². The van der Waals surface area contributed by atoms with E-state index in [9.17, 15) is 4.79 Å². The molecule has 0 saturated heterocycles. The van der Waals surface area contributed by atoms with Gasteiger partial charge in [0.05, 0.1) is 5.25 Å². The van der Waals surface area contributed by atoms with Gasteiger partial charge in [-0.2, -0.15) is 4.98 Å². The van der Waals surface area contributed by atoms with Crippen LogP contribution < -0.4 is 5.32 Å². The van der Waals surface area contributed by atoms with Gasteiger partial charge in [-0.3, -0.25) is 4.79 Å². The Balaban J connectivity index is 1.72. The summed E-state index contributed by atoms with van der Waals surface area (Å²) in [6.45, 7) is 3.86. The average molecular weight is 362 g/mol. The third-order valence-electron chi connectivity index (χ3n) is 3.49. The van der Waals surface area contributed by atoms with Crippen LogP contribution in [0.15, 0.2) is 46.2 Å². The van der Waals surface area contributed by atoms with Crippen molar-refractivity contribution in [3.05, 3.63) is 47.1 Å². The maximum absolute atomic E-state index is 12.5. The topological polar surface area (TPSA) is 68.0 Å². The average Bonchev–Trinajstić information content (AvgIpc) is 2.98. The SMILES string of the molecule is CCC(Sc1nc2ncccc2o1)C(=O)Nc1ccc(C)c(Cl)c1. The lowest BCUT2D eigenvalue weighted by atomic mass is 10.2. The first-order valence-corrected chi connectivity index (χ1v) is 8.78. The first kappa shape index (κ1) is 16.8. The number of hydrogen-bond donors (Lipinski definition) is 1. The summed E-state index contributed by atoms with van der Waals surface area (Å²) >= 11 is 7.38. The summed E-state index contributed by atoms with van der Waals surface area (Å²) in [5.41, 5.74) is 2.80. The summed E-state index contributed by atoms with van der Waals surface area (Å²) in [4.78, 5) is 20.9. The largest absolute Gasteiger partial charge is 0.430 e. The molecule has 3 aromatic rings. The van der Waals surface area contributed by atoms with Gasteiger partial charge in [0.25, 0.3) is 5.22 Å². The number of carbonyl (C=O) groups is 1. The Labute approximate surface area is 148 Å². The Hall–Kier alpha value is -2.05. The number of aryl methyl sites for hydroxylation is 1. The number of fused-ring (bicyclic) bond motifs is 1. The molecule has 1 N–H and O–H groups in total. The third kappa shape index (κ3) is 3.71. The van der Waals surface area contributed by atoms with Crippen LogP contribution in [0.5, 0.6) is 0 Å². The maximum atomic E-state index is 12.5. The Bertz CT molecular complexity index is 848. The number of amides is 1. The van der Waals surface area contributed by atoms with Gasteiger partial charge >= 0.3 is 0 Å². The fourth-order valence-corrected chi connectivity index (χ4v) is 3.17. The van der Waals surface area contributed by atoms with E-state index in [1.807, 2.05) is 26.0 Å². The number of benzene rings is 1. The van der Waals surface area contributed by atoms with Gasteiger partial charge in [0.15, 0.2) is 11.2 Å². The quantitative estimate of drug-likeness (QED) is 0.667. The fourth-order valence-electron chi connectivity index (χ4n) is 2.14. The number of pyridine rings is 1. The van der Waals surface area contributed by atoms with E-state index < -0.39 is 0 Å². The molecule has 7 heteroatoms. The molecule has 2 heterocycles. The second kappa shape index (κ2) is 7.23. The Kier molecular flexibility index (Phi) is 5.06. The minimum Gasteiger partial charge on any atom is -0.430 e. The second-order valence-corrected chi connectivity index (χ2v) is 6.83. The molecule has 1 amide bonds. The van der Waals surface area contributed by atoms with Gasteiger partial charge in [-0.1, -0.05) is 36.4 Å². The van der Waals surface area contributed by atoms with Gasteiger partial charge in [0.2, 0.25) is 5.91 Å². The normalized spacial score (nSPS) is 12.3. The number of carbonyl (C=O) groups excluding carboxylic acids is 1. The molecule has 1 unspecified atom stereocenters. The molecule has 0 saturated carbocycles. The predicted molar refractivity (Wildman–Crippen MR) is 96.6 cm³/mol. The smallest absolute Gasteiger partial charge is 0.259 e. The fraction of sp³-hybridized carbons (Fsp3) is 0.235. The maximum Gasteiger partial charge on any atom is 0.259 e. The summed E-state index contributed by atoms with van der Waals surface area (Å²) in [6, 6.07) is 9.04. The zero-order valence-electron chi connectivity index (χ0n) is 13.2. The summed E-state index contributed by atoms with van der Waals surface area (Å²) in [5.74, 6) is -0.113. The summed E-state index contributed by atoms with van der Waals surface area (Å²) in [6.07, 6.45) is 2.30. The lowest BCUT2D eigenvalue weighted by Crippen LogP contribution is -2.24. The number of thioether (sulfide) groups is 1. The molecule has 1 atom stereocenters. The minimum atomic E-state index is -0.321. The highest BCUT2D eigenvalue weighted by molar-refractivity contribution is 8.00. The molecule has 0 bridgehead atoms. The van der Waals surface area contributed by atoms with E-state index in [0.717, 1.165) is 5.56 Å². The highest BCUT2D eigenvalue weighted by Crippen LogP contribution is 2.29. The van der Waals surface area contributed by atoms with Crippen LogP contribution in [-0.4, -0.2) is 21.1 Å². The van der Waals surface area contributed by atoms with Gasteiger partial charge in [-0.05, 0) is 43.2 Å².